The fraction of sp³-hybridized carbons (Fsp3) is 0.857. The molecule has 1 aliphatic rings. The second-order valence-corrected chi connectivity index (χ2v) is 5.56. The van der Waals surface area contributed by atoms with Gasteiger partial charge in [0.25, 0.3) is 0 Å². The van der Waals surface area contributed by atoms with Crippen LogP contribution < -0.4 is 11.1 Å². The molecular formula is C14H27N3O3. The van der Waals surface area contributed by atoms with Gasteiger partial charge in [-0.15, -0.1) is 0 Å². The highest BCUT2D eigenvalue weighted by molar-refractivity contribution is 5.94. The number of methoxy groups -OCH3 is 1. The number of nitrogens with one attached hydrogen (secondary N) is 1. The molecule has 116 valence electrons. The smallest absolute Gasteiger partial charge is 0.220 e. The Labute approximate surface area is 120 Å². The van der Waals surface area contributed by atoms with Crippen molar-refractivity contribution in [2.45, 2.75) is 57.4 Å². The molecule has 6 nitrogen and oxygen atoms in total. The highest BCUT2D eigenvalue weighted by atomic mass is 16.5. The van der Waals surface area contributed by atoms with Crippen molar-refractivity contribution >= 4 is 11.7 Å². The molecule has 0 aliphatic heterocycles. The van der Waals surface area contributed by atoms with Gasteiger partial charge >= 0.3 is 0 Å². The number of nitrogens with zero attached hydrogens (tertiary/aromatic N) is 1. The normalized spacial score (nSPS) is 27.3. The molecule has 0 bridgehead atoms. The van der Waals surface area contributed by atoms with Crippen LogP contribution in [0.5, 0.6) is 0 Å². The first-order chi connectivity index (χ1) is 9.57. The molecule has 6 heteroatoms. The van der Waals surface area contributed by atoms with Crippen molar-refractivity contribution in [2.75, 3.05) is 13.7 Å². The van der Waals surface area contributed by atoms with Gasteiger partial charge in [0, 0.05) is 20.1 Å². The Bertz CT molecular complexity index is 337. The molecule has 20 heavy (non-hydrogen) atoms. The number of rotatable bonds is 7. The van der Waals surface area contributed by atoms with Crippen LogP contribution in [0.15, 0.2) is 5.16 Å². The van der Waals surface area contributed by atoms with E-state index in [1.165, 1.54) is 0 Å². The van der Waals surface area contributed by atoms with Gasteiger partial charge < -0.3 is 21.0 Å². The van der Waals surface area contributed by atoms with E-state index in [4.69, 9.17) is 15.7 Å². The minimum absolute atomic E-state index is 0.0661. The molecule has 0 unspecified atom stereocenters. The first-order valence-corrected chi connectivity index (χ1v) is 7.36. The van der Waals surface area contributed by atoms with E-state index >= 15 is 0 Å². The van der Waals surface area contributed by atoms with Gasteiger partial charge in [0.2, 0.25) is 5.91 Å². The van der Waals surface area contributed by atoms with Gasteiger partial charge in [-0.1, -0.05) is 18.5 Å². The number of nitrogens with two attached hydrogens (primary N) is 1. The molecule has 1 fully saturated rings. The maximum Gasteiger partial charge on any atom is 0.220 e. The van der Waals surface area contributed by atoms with Gasteiger partial charge in [0.05, 0.1) is 0 Å². The number of ether oxygens (including phenoxy) is 1. The predicted octanol–water partition coefficient (Wildman–Crippen LogP) is 1.61. The number of amides is 1. The van der Waals surface area contributed by atoms with Crippen LogP contribution in [-0.4, -0.2) is 36.2 Å². The van der Waals surface area contributed by atoms with E-state index in [0.29, 0.717) is 25.4 Å². The first-order valence-electron chi connectivity index (χ1n) is 7.36. The van der Waals surface area contributed by atoms with Gasteiger partial charge in [-0.05, 0) is 38.0 Å². The van der Waals surface area contributed by atoms with E-state index in [1.807, 2.05) is 0 Å². The fourth-order valence-electron chi connectivity index (χ4n) is 2.83. The van der Waals surface area contributed by atoms with E-state index in [9.17, 15) is 4.79 Å². The lowest BCUT2D eigenvalue weighted by Gasteiger charge is -2.39. The fourth-order valence-corrected chi connectivity index (χ4v) is 2.83. The van der Waals surface area contributed by atoms with E-state index in [-0.39, 0.29) is 11.7 Å². The zero-order chi connectivity index (χ0) is 15.0. The third kappa shape index (κ3) is 4.37. The van der Waals surface area contributed by atoms with Crippen LogP contribution in [0.2, 0.25) is 0 Å². The Morgan fingerprint density at radius 2 is 2.15 bits per heavy atom. The van der Waals surface area contributed by atoms with Crippen LogP contribution in [-0.2, 0) is 9.53 Å². The summed E-state index contributed by atoms with van der Waals surface area (Å²) in [5.41, 5.74) is 5.16. The summed E-state index contributed by atoms with van der Waals surface area (Å²) in [6.07, 6.45) is 5.65. The summed E-state index contributed by atoms with van der Waals surface area (Å²) in [6.45, 7) is 2.73. The zero-order valence-electron chi connectivity index (χ0n) is 12.5. The lowest BCUT2D eigenvalue weighted by molar-refractivity contribution is -0.123. The maximum atomic E-state index is 12.0. The number of carbonyl (C=O) groups is 1. The van der Waals surface area contributed by atoms with Crippen molar-refractivity contribution in [3.05, 3.63) is 0 Å². The first kappa shape index (κ1) is 16.8. The number of oxime groups is 1. The molecular weight excluding hydrogens is 258 g/mol. The Balaban J connectivity index is 2.64. The van der Waals surface area contributed by atoms with Crippen LogP contribution >= 0.6 is 0 Å². The molecule has 0 aromatic rings. The molecule has 0 spiro atoms. The van der Waals surface area contributed by atoms with Crippen LogP contribution in [0, 0.1) is 5.92 Å². The van der Waals surface area contributed by atoms with Crippen LogP contribution in [0.3, 0.4) is 0 Å². The summed E-state index contributed by atoms with van der Waals surface area (Å²) in [5.74, 6) is 0.718. The Hall–Kier alpha value is -1.30. The monoisotopic (exact) mass is 285 g/mol. The number of hydrogen-bond donors (Lipinski definition) is 3. The second-order valence-electron chi connectivity index (χ2n) is 5.56. The summed E-state index contributed by atoms with van der Waals surface area (Å²) in [4.78, 5) is 12.0. The van der Waals surface area contributed by atoms with Crippen LogP contribution in [0.1, 0.15) is 51.9 Å². The lowest BCUT2D eigenvalue weighted by Crippen LogP contribution is -2.59. The second kappa shape index (κ2) is 8.09. The Morgan fingerprint density at radius 3 is 2.65 bits per heavy atom. The quantitative estimate of drug-likeness (QED) is 0.218. The van der Waals surface area contributed by atoms with Crippen molar-refractivity contribution in [1.29, 1.82) is 0 Å². The highest BCUT2D eigenvalue weighted by Crippen LogP contribution is 2.34. The molecule has 0 atom stereocenters. The lowest BCUT2D eigenvalue weighted by atomic mass is 9.75. The summed E-state index contributed by atoms with van der Waals surface area (Å²) in [6, 6.07) is 0. The van der Waals surface area contributed by atoms with Crippen molar-refractivity contribution in [3.8, 4) is 0 Å². The van der Waals surface area contributed by atoms with Crippen LogP contribution in [0.4, 0.5) is 0 Å². The summed E-state index contributed by atoms with van der Waals surface area (Å²) >= 11 is 0. The number of amidine groups is 1. The maximum absolute atomic E-state index is 12.0. The minimum Gasteiger partial charge on any atom is -0.409 e. The zero-order valence-corrected chi connectivity index (χ0v) is 12.5. The van der Waals surface area contributed by atoms with E-state index in [0.717, 1.165) is 32.1 Å². The van der Waals surface area contributed by atoms with Crippen molar-refractivity contribution in [2.24, 2.45) is 16.8 Å². The molecule has 0 heterocycles. The predicted molar refractivity (Wildman–Crippen MR) is 77.6 cm³/mol. The summed E-state index contributed by atoms with van der Waals surface area (Å²) in [5, 5.41) is 15.1. The van der Waals surface area contributed by atoms with Gasteiger partial charge in [-0.25, -0.2) is 0 Å². The molecule has 1 saturated carbocycles. The molecule has 0 aromatic heterocycles. The molecule has 0 aromatic carbocycles. The Morgan fingerprint density at radius 1 is 1.50 bits per heavy atom. The van der Waals surface area contributed by atoms with E-state index in [2.05, 4.69) is 17.4 Å². The van der Waals surface area contributed by atoms with Crippen molar-refractivity contribution < 1.29 is 14.7 Å². The molecule has 1 aliphatic carbocycles. The SMILES string of the molecule is CCC1CCC(NC(=O)CCCOC)(C(N)=NO)CC1. The van der Waals surface area contributed by atoms with Crippen molar-refractivity contribution in [3.63, 3.8) is 0 Å². The average Bonchev–Trinajstić information content (AvgIpc) is 2.47. The largest absolute Gasteiger partial charge is 0.409 e. The van der Waals surface area contributed by atoms with Crippen molar-refractivity contribution in [1.82, 2.24) is 5.32 Å². The molecule has 0 saturated heterocycles. The van der Waals surface area contributed by atoms with Crippen LogP contribution in [0.25, 0.3) is 0 Å². The Kier molecular flexibility index (Phi) is 6.78. The summed E-state index contributed by atoms with van der Waals surface area (Å²) in [7, 11) is 1.61. The van der Waals surface area contributed by atoms with Gasteiger partial charge in [0.1, 0.15) is 5.54 Å². The molecule has 4 N–H and O–H groups in total. The molecule has 0 radical (unpaired) electrons. The average molecular weight is 285 g/mol. The summed E-state index contributed by atoms with van der Waals surface area (Å²) < 4.78 is 4.94. The molecule has 1 amide bonds. The standard InChI is InChI=1S/C14H27N3O3/c1-3-11-6-8-14(9-7-11,13(15)17-19)16-12(18)5-4-10-20-2/h11,19H,3-10H2,1-2H3,(H2,15,17)(H,16,18). The third-order valence-electron chi connectivity index (χ3n) is 4.27. The van der Waals surface area contributed by atoms with Gasteiger partial charge in [-0.2, -0.15) is 0 Å². The highest BCUT2D eigenvalue weighted by Gasteiger charge is 2.40. The number of carbonyl (C=O) groups excluding carboxylic acids is 1. The topological polar surface area (TPSA) is 96.9 Å². The van der Waals surface area contributed by atoms with E-state index < -0.39 is 5.54 Å². The molecule has 1 rings (SSSR count). The van der Waals surface area contributed by atoms with E-state index in [1.54, 1.807) is 7.11 Å². The third-order valence-corrected chi connectivity index (χ3v) is 4.27. The number of hydrogen-bond acceptors (Lipinski definition) is 4. The minimum atomic E-state index is -0.676. The van der Waals surface area contributed by atoms with Gasteiger partial charge in [0.15, 0.2) is 5.84 Å². The van der Waals surface area contributed by atoms with Gasteiger partial charge in [-0.3, -0.25) is 4.79 Å².